The summed E-state index contributed by atoms with van der Waals surface area (Å²) in [6.45, 7) is 4.95. The van der Waals surface area contributed by atoms with Crippen LogP contribution in [0.15, 0.2) is 0 Å². The first-order chi connectivity index (χ1) is 6.84. The molecule has 2 aliphatic rings. The largest absolute Gasteiger partial charge is 0.316 e. The summed E-state index contributed by atoms with van der Waals surface area (Å²) in [5, 5.41) is 4.44. The van der Waals surface area contributed by atoms with Crippen LogP contribution in [0.1, 0.15) is 39.0 Å². The number of nitrogens with one attached hydrogen (secondary N) is 1. The second kappa shape index (κ2) is 5.41. The third-order valence-electron chi connectivity index (χ3n) is 3.62. The minimum absolute atomic E-state index is 0.970. The molecule has 82 valence electrons. The maximum atomic E-state index is 3.46. The highest BCUT2D eigenvalue weighted by Crippen LogP contribution is 2.33. The molecule has 1 aliphatic carbocycles. The summed E-state index contributed by atoms with van der Waals surface area (Å²) < 4.78 is 0. The number of thioether (sulfide) groups is 1. The van der Waals surface area contributed by atoms with E-state index in [0.717, 1.165) is 17.1 Å². The zero-order valence-electron chi connectivity index (χ0n) is 9.30. The minimum Gasteiger partial charge on any atom is -0.316 e. The molecule has 3 atom stereocenters. The zero-order chi connectivity index (χ0) is 9.80. The summed E-state index contributed by atoms with van der Waals surface area (Å²) in [6, 6.07) is 0. The zero-order valence-corrected chi connectivity index (χ0v) is 10.1. The third kappa shape index (κ3) is 3.16. The normalized spacial score (nSPS) is 38.8. The Hall–Kier alpha value is 0.310. The Morgan fingerprint density at radius 3 is 2.93 bits per heavy atom. The quantitative estimate of drug-likeness (QED) is 0.773. The van der Waals surface area contributed by atoms with Crippen molar-refractivity contribution in [2.24, 2.45) is 11.8 Å². The molecule has 3 unspecified atom stereocenters. The van der Waals surface area contributed by atoms with Crippen LogP contribution >= 0.6 is 11.8 Å². The van der Waals surface area contributed by atoms with E-state index < -0.39 is 0 Å². The molecule has 2 fully saturated rings. The van der Waals surface area contributed by atoms with Gasteiger partial charge in [-0.25, -0.2) is 0 Å². The summed E-state index contributed by atoms with van der Waals surface area (Å²) in [7, 11) is 0. The van der Waals surface area contributed by atoms with E-state index in [0.29, 0.717) is 0 Å². The predicted molar refractivity (Wildman–Crippen MR) is 64.9 cm³/mol. The fraction of sp³-hybridized carbons (Fsp3) is 1.00. The van der Waals surface area contributed by atoms with Gasteiger partial charge in [-0.3, -0.25) is 0 Å². The highest BCUT2D eigenvalue weighted by molar-refractivity contribution is 7.99. The second-order valence-electron chi connectivity index (χ2n) is 5.09. The van der Waals surface area contributed by atoms with Crippen LogP contribution in [0.2, 0.25) is 0 Å². The molecule has 1 heterocycles. The highest BCUT2D eigenvalue weighted by Gasteiger charge is 2.21. The van der Waals surface area contributed by atoms with Crippen molar-refractivity contribution in [3.8, 4) is 0 Å². The first kappa shape index (κ1) is 10.8. The Balaban J connectivity index is 1.64. The van der Waals surface area contributed by atoms with Crippen LogP contribution in [0.25, 0.3) is 0 Å². The molecule has 2 heteroatoms. The lowest BCUT2D eigenvalue weighted by atomic mass is 9.91. The first-order valence-electron chi connectivity index (χ1n) is 6.17. The van der Waals surface area contributed by atoms with Crippen LogP contribution in [0.4, 0.5) is 0 Å². The van der Waals surface area contributed by atoms with Crippen LogP contribution in [-0.4, -0.2) is 24.1 Å². The van der Waals surface area contributed by atoms with Gasteiger partial charge in [0.15, 0.2) is 0 Å². The van der Waals surface area contributed by atoms with Gasteiger partial charge in [0.25, 0.3) is 0 Å². The van der Waals surface area contributed by atoms with Crippen molar-refractivity contribution in [1.82, 2.24) is 5.32 Å². The maximum absolute atomic E-state index is 3.46. The average molecular weight is 213 g/mol. The van der Waals surface area contributed by atoms with Crippen LogP contribution in [-0.2, 0) is 0 Å². The lowest BCUT2D eigenvalue weighted by molar-refractivity contribution is 0.394. The van der Waals surface area contributed by atoms with Crippen molar-refractivity contribution in [2.45, 2.75) is 44.3 Å². The monoisotopic (exact) mass is 213 g/mol. The van der Waals surface area contributed by atoms with Gasteiger partial charge in [-0.15, -0.1) is 0 Å². The smallest absolute Gasteiger partial charge is 0.00497 e. The molecule has 1 N–H and O–H groups in total. The standard InChI is InChI=1S/C12H23NS/c1-10-3-2-4-12(7-10)14-9-11-5-6-13-8-11/h10-13H,2-9H2,1H3. The topological polar surface area (TPSA) is 12.0 Å². The van der Waals surface area contributed by atoms with E-state index in [9.17, 15) is 0 Å². The van der Waals surface area contributed by atoms with E-state index in [-0.39, 0.29) is 0 Å². The van der Waals surface area contributed by atoms with Crippen LogP contribution in [0, 0.1) is 11.8 Å². The van der Waals surface area contributed by atoms with Crippen molar-refractivity contribution < 1.29 is 0 Å². The van der Waals surface area contributed by atoms with Gasteiger partial charge in [0.05, 0.1) is 0 Å². The van der Waals surface area contributed by atoms with Gasteiger partial charge in [-0.2, -0.15) is 11.8 Å². The van der Waals surface area contributed by atoms with Crippen LogP contribution in [0.3, 0.4) is 0 Å². The van der Waals surface area contributed by atoms with Crippen molar-refractivity contribution >= 4 is 11.8 Å². The number of hydrogen-bond donors (Lipinski definition) is 1. The number of rotatable bonds is 3. The summed E-state index contributed by atoms with van der Waals surface area (Å²) in [5.74, 6) is 3.37. The molecule has 0 amide bonds. The van der Waals surface area contributed by atoms with Gasteiger partial charge < -0.3 is 5.32 Å². The predicted octanol–water partition coefficient (Wildman–Crippen LogP) is 2.91. The Kier molecular flexibility index (Phi) is 4.18. The molecule has 14 heavy (non-hydrogen) atoms. The van der Waals surface area contributed by atoms with Gasteiger partial charge in [0.2, 0.25) is 0 Å². The lowest BCUT2D eigenvalue weighted by Crippen LogP contribution is -2.18. The number of hydrogen-bond acceptors (Lipinski definition) is 2. The van der Waals surface area contributed by atoms with Gasteiger partial charge in [-0.1, -0.05) is 19.8 Å². The van der Waals surface area contributed by atoms with Crippen LogP contribution < -0.4 is 5.32 Å². The van der Waals surface area contributed by atoms with Crippen molar-refractivity contribution in [3.63, 3.8) is 0 Å². The van der Waals surface area contributed by atoms with E-state index >= 15 is 0 Å². The van der Waals surface area contributed by atoms with E-state index in [1.165, 1.54) is 50.9 Å². The summed E-state index contributed by atoms with van der Waals surface area (Å²) >= 11 is 2.26. The average Bonchev–Trinajstić information content (AvgIpc) is 2.67. The molecular formula is C12H23NS. The Labute approximate surface area is 92.4 Å². The van der Waals surface area contributed by atoms with Crippen molar-refractivity contribution in [2.75, 3.05) is 18.8 Å². The fourth-order valence-electron chi connectivity index (χ4n) is 2.66. The molecule has 0 radical (unpaired) electrons. The Bertz CT molecular complexity index is 166. The second-order valence-corrected chi connectivity index (χ2v) is 6.42. The van der Waals surface area contributed by atoms with E-state index in [1.54, 1.807) is 0 Å². The molecule has 0 bridgehead atoms. The van der Waals surface area contributed by atoms with E-state index in [4.69, 9.17) is 0 Å². The molecule has 1 saturated carbocycles. The van der Waals surface area contributed by atoms with Crippen LogP contribution in [0.5, 0.6) is 0 Å². The van der Waals surface area contributed by atoms with Crippen molar-refractivity contribution in [1.29, 1.82) is 0 Å². The lowest BCUT2D eigenvalue weighted by Gasteiger charge is -2.26. The molecule has 1 aliphatic heterocycles. The molecule has 1 nitrogen and oxygen atoms in total. The van der Waals surface area contributed by atoms with E-state index in [1.807, 2.05) is 0 Å². The molecule has 0 aromatic heterocycles. The van der Waals surface area contributed by atoms with Gasteiger partial charge >= 0.3 is 0 Å². The summed E-state index contributed by atoms with van der Waals surface area (Å²) in [6.07, 6.45) is 7.32. The molecule has 0 aromatic rings. The fourth-order valence-corrected chi connectivity index (χ4v) is 4.29. The van der Waals surface area contributed by atoms with Crippen molar-refractivity contribution in [3.05, 3.63) is 0 Å². The highest BCUT2D eigenvalue weighted by atomic mass is 32.2. The SMILES string of the molecule is CC1CCCC(SCC2CCNC2)C1. The van der Waals surface area contributed by atoms with E-state index in [2.05, 4.69) is 24.0 Å². The molecule has 1 saturated heterocycles. The van der Waals surface area contributed by atoms with Gasteiger partial charge in [0, 0.05) is 5.25 Å². The summed E-state index contributed by atoms with van der Waals surface area (Å²) in [4.78, 5) is 0. The van der Waals surface area contributed by atoms with Gasteiger partial charge in [-0.05, 0) is 49.9 Å². The molecule has 0 spiro atoms. The van der Waals surface area contributed by atoms with Gasteiger partial charge in [0.1, 0.15) is 0 Å². The molecule has 0 aromatic carbocycles. The maximum Gasteiger partial charge on any atom is 0.00497 e. The summed E-state index contributed by atoms with van der Waals surface area (Å²) in [5.41, 5.74) is 0. The molecular weight excluding hydrogens is 190 g/mol. The Morgan fingerprint density at radius 1 is 1.29 bits per heavy atom. The molecule has 2 rings (SSSR count). The minimum atomic E-state index is 0.970. The third-order valence-corrected chi connectivity index (χ3v) is 5.18. The first-order valence-corrected chi connectivity index (χ1v) is 7.22. The Morgan fingerprint density at radius 2 is 2.21 bits per heavy atom.